The molecule has 0 bridgehead atoms. The van der Waals surface area contributed by atoms with E-state index in [1.165, 1.54) is 24.3 Å². The Morgan fingerprint density at radius 1 is 1.23 bits per heavy atom. The largest absolute Gasteiger partial charge is 0.484 e. The molecular formula is C16H16ClFN2O2. The molecule has 0 atom stereocenters. The summed E-state index contributed by atoms with van der Waals surface area (Å²) >= 11 is 5.96. The molecule has 1 N–H and O–H groups in total. The van der Waals surface area contributed by atoms with Crippen LogP contribution in [-0.4, -0.2) is 26.6 Å². The molecule has 0 saturated heterocycles. The topological polar surface area (TPSA) is 41.6 Å². The highest BCUT2D eigenvalue weighted by Crippen LogP contribution is 2.27. The van der Waals surface area contributed by atoms with Crippen LogP contribution in [0.15, 0.2) is 42.5 Å². The molecule has 116 valence electrons. The number of anilines is 2. The highest BCUT2D eigenvalue weighted by molar-refractivity contribution is 6.31. The lowest BCUT2D eigenvalue weighted by atomic mass is 10.2. The molecule has 4 nitrogen and oxygen atoms in total. The van der Waals surface area contributed by atoms with Gasteiger partial charge in [-0.2, -0.15) is 0 Å². The molecule has 2 aromatic carbocycles. The van der Waals surface area contributed by atoms with Crippen LogP contribution in [0.25, 0.3) is 0 Å². The van der Waals surface area contributed by atoms with E-state index in [0.29, 0.717) is 16.5 Å². The summed E-state index contributed by atoms with van der Waals surface area (Å²) in [5.41, 5.74) is 1.43. The highest BCUT2D eigenvalue weighted by Gasteiger charge is 2.10. The second-order valence-electron chi connectivity index (χ2n) is 4.85. The molecule has 0 aliphatic carbocycles. The van der Waals surface area contributed by atoms with E-state index in [2.05, 4.69) is 5.32 Å². The first-order valence-corrected chi connectivity index (χ1v) is 6.98. The minimum atomic E-state index is -0.355. The summed E-state index contributed by atoms with van der Waals surface area (Å²) < 4.78 is 18.1. The SMILES string of the molecule is CN(C)c1ccc(Cl)cc1NC(=O)COc1ccc(F)cc1. The maximum Gasteiger partial charge on any atom is 0.262 e. The van der Waals surface area contributed by atoms with Gasteiger partial charge in [0.2, 0.25) is 0 Å². The molecule has 0 radical (unpaired) electrons. The molecule has 0 aliphatic heterocycles. The molecule has 0 heterocycles. The number of carbonyl (C=O) groups excluding carboxylic acids is 1. The van der Waals surface area contributed by atoms with E-state index in [-0.39, 0.29) is 18.3 Å². The molecule has 0 spiro atoms. The first-order valence-electron chi connectivity index (χ1n) is 6.61. The zero-order chi connectivity index (χ0) is 16.1. The molecule has 0 unspecified atom stereocenters. The Morgan fingerprint density at radius 3 is 2.55 bits per heavy atom. The molecule has 6 heteroatoms. The van der Waals surface area contributed by atoms with E-state index in [1.54, 1.807) is 12.1 Å². The molecule has 0 aromatic heterocycles. The van der Waals surface area contributed by atoms with Crippen molar-refractivity contribution in [2.24, 2.45) is 0 Å². The lowest BCUT2D eigenvalue weighted by Gasteiger charge is -2.18. The highest BCUT2D eigenvalue weighted by atomic mass is 35.5. The second kappa shape index (κ2) is 7.13. The summed E-state index contributed by atoms with van der Waals surface area (Å²) in [6, 6.07) is 10.7. The normalized spacial score (nSPS) is 10.2. The van der Waals surface area contributed by atoms with Gasteiger partial charge in [-0.15, -0.1) is 0 Å². The summed E-state index contributed by atoms with van der Waals surface area (Å²) in [5.74, 6) is -0.253. The van der Waals surface area contributed by atoms with Gasteiger partial charge < -0.3 is 15.0 Å². The Kier molecular flexibility index (Phi) is 5.22. The van der Waals surface area contributed by atoms with E-state index in [9.17, 15) is 9.18 Å². The predicted octanol–water partition coefficient (Wildman–Crippen LogP) is 3.56. The summed E-state index contributed by atoms with van der Waals surface area (Å²) in [6.45, 7) is -0.176. The maximum atomic E-state index is 12.8. The zero-order valence-electron chi connectivity index (χ0n) is 12.3. The molecule has 0 saturated carbocycles. The average molecular weight is 323 g/mol. The van der Waals surface area contributed by atoms with Gasteiger partial charge in [0.1, 0.15) is 11.6 Å². The van der Waals surface area contributed by atoms with Crippen LogP contribution < -0.4 is 15.0 Å². The van der Waals surface area contributed by atoms with Crippen LogP contribution >= 0.6 is 11.6 Å². The quantitative estimate of drug-likeness (QED) is 0.915. The predicted molar refractivity (Wildman–Crippen MR) is 86.3 cm³/mol. The number of rotatable bonds is 5. The third-order valence-electron chi connectivity index (χ3n) is 2.90. The van der Waals surface area contributed by atoms with E-state index in [1.807, 2.05) is 25.1 Å². The molecule has 22 heavy (non-hydrogen) atoms. The van der Waals surface area contributed by atoms with Gasteiger partial charge in [0.25, 0.3) is 5.91 Å². The number of benzene rings is 2. The van der Waals surface area contributed by atoms with Gasteiger partial charge in [-0.25, -0.2) is 4.39 Å². The first kappa shape index (κ1) is 16.1. The molecule has 0 fully saturated rings. The van der Waals surface area contributed by atoms with Crippen molar-refractivity contribution in [2.75, 3.05) is 30.9 Å². The number of amides is 1. The third-order valence-corrected chi connectivity index (χ3v) is 3.13. The third kappa shape index (κ3) is 4.36. The molecule has 0 aliphatic rings. The van der Waals surface area contributed by atoms with Crippen LogP contribution in [0.1, 0.15) is 0 Å². The van der Waals surface area contributed by atoms with Crippen molar-refractivity contribution in [3.8, 4) is 5.75 Å². The first-order chi connectivity index (χ1) is 10.5. The number of ether oxygens (including phenoxy) is 1. The number of nitrogens with zero attached hydrogens (tertiary/aromatic N) is 1. The van der Waals surface area contributed by atoms with Gasteiger partial charge in [-0.05, 0) is 42.5 Å². The van der Waals surface area contributed by atoms with Crippen LogP contribution in [0.3, 0.4) is 0 Å². The van der Waals surface area contributed by atoms with Crippen molar-refractivity contribution in [1.82, 2.24) is 0 Å². The van der Waals surface area contributed by atoms with Crippen LogP contribution in [0, 0.1) is 5.82 Å². The van der Waals surface area contributed by atoms with Gasteiger partial charge in [0.05, 0.1) is 11.4 Å². The van der Waals surface area contributed by atoms with Gasteiger partial charge in [-0.1, -0.05) is 11.6 Å². The van der Waals surface area contributed by atoms with E-state index in [4.69, 9.17) is 16.3 Å². The van der Waals surface area contributed by atoms with Crippen molar-refractivity contribution in [1.29, 1.82) is 0 Å². The Balaban J connectivity index is 2.00. The lowest BCUT2D eigenvalue weighted by Crippen LogP contribution is -2.22. The summed E-state index contributed by atoms with van der Waals surface area (Å²) in [7, 11) is 3.74. The van der Waals surface area contributed by atoms with Gasteiger partial charge in [0, 0.05) is 19.1 Å². The summed E-state index contributed by atoms with van der Waals surface area (Å²) in [5, 5.41) is 3.28. The van der Waals surface area contributed by atoms with E-state index < -0.39 is 0 Å². The monoisotopic (exact) mass is 322 g/mol. The minimum Gasteiger partial charge on any atom is -0.484 e. The number of nitrogens with one attached hydrogen (secondary N) is 1. The standard InChI is InChI=1S/C16H16ClFN2O2/c1-20(2)15-8-3-11(17)9-14(15)19-16(21)10-22-13-6-4-12(18)5-7-13/h3-9H,10H2,1-2H3,(H,19,21). The molecular weight excluding hydrogens is 307 g/mol. The lowest BCUT2D eigenvalue weighted by molar-refractivity contribution is -0.118. The number of hydrogen-bond donors (Lipinski definition) is 1. The smallest absolute Gasteiger partial charge is 0.262 e. The van der Waals surface area contributed by atoms with Gasteiger partial charge >= 0.3 is 0 Å². The van der Waals surface area contributed by atoms with Crippen LogP contribution in [0.2, 0.25) is 5.02 Å². The Morgan fingerprint density at radius 2 is 1.91 bits per heavy atom. The second-order valence-corrected chi connectivity index (χ2v) is 5.28. The van der Waals surface area contributed by atoms with Crippen molar-refractivity contribution in [2.45, 2.75) is 0 Å². The van der Waals surface area contributed by atoms with Crippen LogP contribution in [0.5, 0.6) is 5.75 Å². The van der Waals surface area contributed by atoms with Crippen molar-refractivity contribution < 1.29 is 13.9 Å². The van der Waals surface area contributed by atoms with Crippen LogP contribution in [-0.2, 0) is 4.79 Å². The Labute approximate surface area is 133 Å². The maximum absolute atomic E-state index is 12.8. The fourth-order valence-electron chi connectivity index (χ4n) is 1.86. The number of halogens is 2. The minimum absolute atomic E-state index is 0.176. The van der Waals surface area contributed by atoms with E-state index >= 15 is 0 Å². The van der Waals surface area contributed by atoms with Gasteiger partial charge in [-0.3, -0.25) is 4.79 Å². The summed E-state index contributed by atoms with van der Waals surface area (Å²) in [4.78, 5) is 13.8. The fourth-order valence-corrected chi connectivity index (χ4v) is 2.04. The van der Waals surface area contributed by atoms with Gasteiger partial charge in [0.15, 0.2) is 6.61 Å². The molecule has 1 amide bonds. The van der Waals surface area contributed by atoms with Crippen molar-refractivity contribution >= 4 is 28.9 Å². The fraction of sp³-hybridized carbons (Fsp3) is 0.188. The molecule has 2 aromatic rings. The number of hydrogen-bond acceptors (Lipinski definition) is 3. The molecule has 2 rings (SSSR count). The Hall–Kier alpha value is -2.27. The Bertz CT molecular complexity index is 660. The van der Waals surface area contributed by atoms with Crippen molar-refractivity contribution in [3.63, 3.8) is 0 Å². The summed E-state index contributed by atoms with van der Waals surface area (Å²) in [6.07, 6.45) is 0. The van der Waals surface area contributed by atoms with E-state index in [0.717, 1.165) is 5.69 Å². The van der Waals surface area contributed by atoms with Crippen LogP contribution in [0.4, 0.5) is 15.8 Å². The zero-order valence-corrected chi connectivity index (χ0v) is 13.0. The average Bonchev–Trinajstić information content (AvgIpc) is 2.46. The number of carbonyl (C=O) groups is 1. The van der Waals surface area contributed by atoms with Crippen molar-refractivity contribution in [3.05, 3.63) is 53.3 Å².